The molecule has 0 radical (unpaired) electrons. The number of para-hydroxylation sites is 1. The van der Waals surface area contributed by atoms with Crippen LogP contribution in [0.3, 0.4) is 0 Å². The van der Waals surface area contributed by atoms with Gasteiger partial charge in [-0.15, -0.1) is 0 Å². The summed E-state index contributed by atoms with van der Waals surface area (Å²) in [5, 5.41) is 3.24. The van der Waals surface area contributed by atoms with Gasteiger partial charge >= 0.3 is 0 Å². The third-order valence-corrected chi connectivity index (χ3v) is 3.93. The van der Waals surface area contributed by atoms with Crippen molar-refractivity contribution in [1.29, 1.82) is 0 Å². The number of carbonyl (C=O) groups excluding carboxylic acids is 1. The smallest absolute Gasteiger partial charge is 0.251 e. The molecule has 5 nitrogen and oxygen atoms in total. The fraction of sp³-hybridized carbons (Fsp3) is 0.278. The molecule has 0 bridgehead atoms. The predicted octanol–water partition coefficient (Wildman–Crippen LogP) is 3.86. The lowest BCUT2D eigenvalue weighted by Gasteiger charge is -2.18. The van der Waals surface area contributed by atoms with Crippen molar-refractivity contribution in [1.82, 2.24) is 5.32 Å². The van der Waals surface area contributed by atoms with Gasteiger partial charge < -0.3 is 19.5 Å². The highest BCUT2D eigenvalue weighted by molar-refractivity contribution is 6.32. The summed E-state index contributed by atoms with van der Waals surface area (Å²) in [5.74, 6) is 1.25. The number of benzene rings is 2. The zero-order chi connectivity index (χ0) is 17.7. The molecule has 0 saturated heterocycles. The molecule has 0 fully saturated rings. The van der Waals surface area contributed by atoms with E-state index in [1.54, 1.807) is 19.2 Å². The van der Waals surface area contributed by atoms with Gasteiger partial charge in [0, 0.05) is 11.1 Å². The number of hydrogen-bond acceptors (Lipinski definition) is 4. The van der Waals surface area contributed by atoms with Crippen LogP contribution in [0.25, 0.3) is 0 Å². The fourth-order valence-electron chi connectivity index (χ4n) is 2.43. The van der Waals surface area contributed by atoms with E-state index in [1.165, 1.54) is 14.2 Å². The topological polar surface area (TPSA) is 56.8 Å². The predicted molar refractivity (Wildman–Crippen MR) is 93.4 cm³/mol. The first-order valence-electron chi connectivity index (χ1n) is 7.37. The zero-order valence-corrected chi connectivity index (χ0v) is 14.8. The van der Waals surface area contributed by atoms with Crippen LogP contribution in [-0.2, 0) is 0 Å². The van der Waals surface area contributed by atoms with E-state index in [2.05, 4.69) is 5.32 Å². The minimum atomic E-state index is -0.267. The molecule has 1 amide bonds. The van der Waals surface area contributed by atoms with Gasteiger partial charge in [-0.1, -0.05) is 29.8 Å². The number of amides is 1. The first-order valence-corrected chi connectivity index (χ1v) is 7.74. The first kappa shape index (κ1) is 17.9. The third kappa shape index (κ3) is 3.74. The SMILES string of the molecule is COc1ccccc1C(C)NC(=O)c1cc(Cl)c(OC)c(OC)c1. The maximum absolute atomic E-state index is 12.5. The van der Waals surface area contributed by atoms with E-state index >= 15 is 0 Å². The second kappa shape index (κ2) is 7.93. The largest absolute Gasteiger partial charge is 0.496 e. The Labute approximate surface area is 146 Å². The van der Waals surface area contributed by atoms with E-state index in [-0.39, 0.29) is 11.9 Å². The molecular formula is C18H20ClNO4. The minimum absolute atomic E-state index is 0.236. The number of hydrogen-bond donors (Lipinski definition) is 1. The summed E-state index contributed by atoms with van der Waals surface area (Å²) in [5.41, 5.74) is 1.28. The van der Waals surface area contributed by atoms with Crippen molar-refractivity contribution in [2.24, 2.45) is 0 Å². The molecule has 0 aliphatic heterocycles. The molecule has 24 heavy (non-hydrogen) atoms. The van der Waals surface area contributed by atoms with E-state index in [0.717, 1.165) is 11.3 Å². The Balaban J connectivity index is 2.25. The van der Waals surface area contributed by atoms with Crippen LogP contribution in [0.5, 0.6) is 17.2 Å². The van der Waals surface area contributed by atoms with Crippen LogP contribution in [0.1, 0.15) is 28.9 Å². The molecule has 2 rings (SSSR count). The lowest BCUT2D eigenvalue weighted by molar-refractivity contribution is 0.0939. The van der Waals surface area contributed by atoms with Gasteiger partial charge in [0.15, 0.2) is 11.5 Å². The molecule has 0 aliphatic rings. The number of methoxy groups -OCH3 is 3. The van der Waals surface area contributed by atoms with Crippen LogP contribution in [-0.4, -0.2) is 27.2 Å². The summed E-state index contributed by atoms with van der Waals surface area (Å²) < 4.78 is 15.7. The summed E-state index contributed by atoms with van der Waals surface area (Å²) >= 11 is 6.15. The van der Waals surface area contributed by atoms with E-state index < -0.39 is 0 Å². The van der Waals surface area contributed by atoms with E-state index in [4.69, 9.17) is 25.8 Å². The summed E-state index contributed by atoms with van der Waals surface area (Å²) in [7, 11) is 4.59. The Morgan fingerprint density at radius 2 is 1.71 bits per heavy atom. The van der Waals surface area contributed by atoms with Gasteiger partial charge in [0.25, 0.3) is 5.91 Å². The number of rotatable bonds is 6. The van der Waals surface area contributed by atoms with Crippen molar-refractivity contribution in [2.45, 2.75) is 13.0 Å². The molecular weight excluding hydrogens is 330 g/mol. The van der Waals surface area contributed by atoms with Crippen LogP contribution < -0.4 is 19.5 Å². The Bertz CT molecular complexity index is 733. The van der Waals surface area contributed by atoms with Gasteiger partial charge in [-0.3, -0.25) is 4.79 Å². The molecule has 0 heterocycles. The number of halogens is 1. The summed E-state index contributed by atoms with van der Waals surface area (Å²) in [6.07, 6.45) is 0. The molecule has 0 spiro atoms. The lowest BCUT2D eigenvalue weighted by Crippen LogP contribution is -2.27. The molecule has 0 aromatic heterocycles. The minimum Gasteiger partial charge on any atom is -0.496 e. The first-order chi connectivity index (χ1) is 11.5. The molecule has 1 N–H and O–H groups in total. The Hall–Kier alpha value is -2.40. The van der Waals surface area contributed by atoms with Crippen molar-refractivity contribution in [2.75, 3.05) is 21.3 Å². The summed E-state index contributed by atoms with van der Waals surface area (Å²) in [6.45, 7) is 1.89. The van der Waals surface area contributed by atoms with E-state index in [1.807, 2.05) is 31.2 Å². The number of ether oxygens (including phenoxy) is 3. The fourth-order valence-corrected chi connectivity index (χ4v) is 2.72. The second-order valence-corrected chi connectivity index (χ2v) is 5.54. The zero-order valence-electron chi connectivity index (χ0n) is 14.1. The van der Waals surface area contributed by atoms with Gasteiger partial charge in [0.2, 0.25) is 0 Å². The quantitative estimate of drug-likeness (QED) is 0.860. The molecule has 1 unspecified atom stereocenters. The van der Waals surface area contributed by atoms with Gasteiger partial charge in [-0.2, -0.15) is 0 Å². The summed E-state index contributed by atoms with van der Waals surface area (Å²) in [4.78, 5) is 12.5. The van der Waals surface area contributed by atoms with Gasteiger partial charge in [-0.05, 0) is 25.1 Å². The molecule has 1 atom stereocenters. The van der Waals surface area contributed by atoms with Crippen LogP contribution in [0.2, 0.25) is 5.02 Å². The average Bonchev–Trinajstić information content (AvgIpc) is 2.60. The Morgan fingerprint density at radius 3 is 2.33 bits per heavy atom. The Kier molecular flexibility index (Phi) is 5.93. The highest BCUT2D eigenvalue weighted by atomic mass is 35.5. The molecule has 128 valence electrons. The van der Waals surface area contributed by atoms with Gasteiger partial charge in [0.1, 0.15) is 5.75 Å². The van der Waals surface area contributed by atoms with Crippen LogP contribution in [0, 0.1) is 0 Å². The summed E-state index contributed by atoms with van der Waals surface area (Å²) in [6, 6.07) is 10.4. The van der Waals surface area contributed by atoms with Crippen LogP contribution in [0.15, 0.2) is 36.4 Å². The molecule has 0 aliphatic carbocycles. The second-order valence-electron chi connectivity index (χ2n) is 5.13. The maximum atomic E-state index is 12.5. The highest BCUT2D eigenvalue weighted by Crippen LogP contribution is 2.36. The molecule has 6 heteroatoms. The lowest BCUT2D eigenvalue weighted by atomic mass is 10.1. The standard InChI is InChI=1S/C18H20ClNO4/c1-11(13-7-5-6-8-15(13)22-2)20-18(21)12-9-14(19)17(24-4)16(10-12)23-3/h5-11H,1-4H3,(H,20,21). The number of nitrogens with one attached hydrogen (secondary N) is 1. The normalized spacial score (nSPS) is 11.5. The number of carbonyl (C=O) groups is 1. The molecule has 2 aromatic carbocycles. The third-order valence-electron chi connectivity index (χ3n) is 3.65. The van der Waals surface area contributed by atoms with E-state index in [9.17, 15) is 4.79 Å². The van der Waals surface area contributed by atoms with Crippen molar-refractivity contribution < 1.29 is 19.0 Å². The maximum Gasteiger partial charge on any atom is 0.251 e. The van der Waals surface area contributed by atoms with Crippen LogP contribution >= 0.6 is 11.6 Å². The van der Waals surface area contributed by atoms with Crippen molar-refractivity contribution in [3.63, 3.8) is 0 Å². The van der Waals surface area contributed by atoms with Gasteiger partial charge in [-0.25, -0.2) is 0 Å². The monoisotopic (exact) mass is 349 g/mol. The molecule has 0 saturated carbocycles. The highest BCUT2D eigenvalue weighted by Gasteiger charge is 2.18. The van der Waals surface area contributed by atoms with E-state index in [0.29, 0.717) is 22.1 Å². The van der Waals surface area contributed by atoms with Gasteiger partial charge in [0.05, 0.1) is 32.4 Å². The van der Waals surface area contributed by atoms with Crippen molar-refractivity contribution in [3.8, 4) is 17.2 Å². The molecule has 2 aromatic rings. The van der Waals surface area contributed by atoms with Crippen LogP contribution in [0.4, 0.5) is 0 Å². The van der Waals surface area contributed by atoms with Crippen molar-refractivity contribution >= 4 is 17.5 Å². The van der Waals surface area contributed by atoms with Crippen molar-refractivity contribution in [3.05, 3.63) is 52.5 Å². The Morgan fingerprint density at radius 1 is 1.04 bits per heavy atom. The average molecular weight is 350 g/mol.